The third-order valence-corrected chi connectivity index (χ3v) is 3.97. The second kappa shape index (κ2) is 5.24. The number of aryl methyl sites for hydroxylation is 1. The van der Waals surface area contributed by atoms with E-state index in [9.17, 15) is 4.79 Å². The lowest BCUT2D eigenvalue weighted by Gasteiger charge is -2.02. The molecule has 17 heavy (non-hydrogen) atoms. The Balaban J connectivity index is 2.11. The van der Waals surface area contributed by atoms with E-state index in [2.05, 4.69) is 15.2 Å². The van der Waals surface area contributed by atoms with Crippen molar-refractivity contribution >= 4 is 29.1 Å². The maximum atomic E-state index is 10.9. The van der Waals surface area contributed by atoms with Gasteiger partial charge in [0, 0.05) is 11.9 Å². The van der Waals surface area contributed by atoms with Gasteiger partial charge in [-0.3, -0.25) is 0 Å². The van der Waals surface area contributed by atoms with Gasteiger partial charge in [-0.2, -0.15) is 0 Å². The van der Waals surface area contributed by atoms with Crippen molar-refractivity contribution in [1.29, 1.82) is 0 Å². The van der Waals surface area contributed by atoms with Crippen molar-refractivity contribution < 1.29 is 9.90 Å². The molecule has 0 fully saturated rings. The van der Waals surface area contributed by atoms with Gasteiger partial charge in [-0.15, -0.1) is 10.2 Å². The fourth-order valence-electron chi connectivity index (χ4n) is 1.22. The van der Waals surface area contributed by atoms with Crippen molar-refractivity contribution in [2.45, 2.75) is 17.0 Å². The van der Waals surface area contributed by atoms with Crippen molar-refractivity contribution in [2.75, 3.05) is 0 Å². The Hall–Kier alpha value is -1.47. The summed E-state index contributed by atoms with van der Waals surface area (Å²) in [6.07, 6.45) is 1.48. The zero-order chi connectivity index (χ0) is 12.3. The number of thioether (sulfide) groups is 1. The van der Waals surface area contributed by atoms with Gasteiger partial charge >= 0.3 is 5.97 Å². The number of nitrogens with zero attached hydrogens (tertiary/aromatic N) is 3. The lowest BCUT2D eigenvalue weighted by atomic mass is 10.2. The molecular formula is C10H9N3O2S2. The summed E-state index contributed by atoms with van der Waals surface area (Å²) in [5, 5.41) is 17.7. The number of carboxylic acids is 1. The second-order valence-corrected chi connectivity index (χ2v) is 5.60. The molecule has 7 heteroatoms. The fraction of sp³-hybridized carbons (Fsp3) is 0.200. The van der Waals surface area contributed by atoms with Crippen molar-refractivity contribution in [1.82, 2.24) is 15.2 Å². The summed E-state index contributed by atoms with van der Waals surface area (Å²) in [6.45, 7) is 1.88. The van der Waals surface area contributed by atoms with Crippen LogP contribution in [0.15, 0.2) is 22.7 Å². The first-order valence-electron chi connectivity index (χ1n) is 4.77. The van der Waals surface area contributed by atoms with Crippen LogP contribution in [0.25, 0.3) is 0 Å². The Morgan fingerprint density at radius 2 is 2.35 bits per heavy atom. The Morgan fingerprint density at radius 1 is 1.53 bits per heavy atom. The van der Waals surface area contributed by atoms with E-state index in [-0.39, 0.29) is 5.69 Å². The van der Waals surface area contributed by atoms with Crippen LogP contribution in [0.1, 0.15) is 21.1 Å². The quantitative estimate of drug-likeness (QED) is 0.856. The first-order chi connectivity index (χ1) is 8.16. The number of aromatic carboxylic acids is 1. The molecule has 0 atom stereocenters. The zero-order valence-electron chi connectivity index (χ0n) is 8.95. The van der Waals surface area contributed by atoms with Crippen LogP contribution in [-0.4, -0.2) is 26.3 Å². The van der Waals surface area contributed by atoms with E-state index in [1.807, 2.05) is 6.92 Å². The fourth-order valence-corrected chi connectivity index (χ4v) is 3.02. The number of aromatic nitrogens is 3. The summed E-state index contributed by atoms with van der Waals surface area (Å²) < 4.78 is 0.836. The Bertz CT molecular complexity index is 542. The highest BCUT2D eigenvalue weighted by molar-refractivity contribution is 8.00. The summed E-state index contributed by atoms with van der Waals surface area (Å²) in [6, 6.07) is 3.49. The van der Waals surface area contributed by atoms with Crippen LogP contribution in [0.2, 0.25) is 0 Å². The molecule has 0 aliphatic heterocycles. The highest BCUT2D eigenvalue weighted by Crippen LogP contribution is 2.26. The molecule has 2 aromatic heterocycles. The topological polar surface area (TPSA) is 76.0 Å². The van der Waals surface area contributed by atoms with Crippen LogP contribution >= 0.6 is 23.1 Å². The highest BCUT2D eigenvalue weighted by Gasteiger charge is 2.11. The minimum Gasteiger partial charge on any atom is -0.477 e. The number of carbonyl (C=O) groups is 1. The number of hydrogen-bond acceptors (Lipinski definition) is 6. The smallest absolute Gasteiger partial charge is 0.354 e. The molecule has 0 unspecified atom stereocenters. The Kier molecular flexibility index (Phi) is 3.70. The van der Waals surface area contributed by atoms with Gasteiger partial charge in [0.2, 0.25) is 0 Å². The van der Waals surface area contributed by atoms with Crippen LogP contribution in [0.5, 0.6) is 0 Å². The SMILES string of the molecule is Cc1nnc(SCc2cccnc2C(=O)O)s1. The molecular weight excluding hydrogens is 258 g/mol. The summed E-state index contributed by atoms with van der Waals surface area (Å²) in [4.78, 5) is 14.8. The number of pyridine rings is 1. The summed E-state index contributed by atoms with van der Waals surface area (Å²) in [5.74, 6) is -0.473. The van der Waals surface area contributed by atoms with Gasteiger partial charge in [-0.05, 0) is 18.6 Å². The summed E-state index contributed by atoms with van der Waals surface area (Å²) in [7, 11) is 0. The van der Waals surface area contributed by atoms with Crippen molar-refractivity contribution in [3.63, 3.8) is 0 Å². The minimum absolute atomic E-state index is 0.0984. The second-order valence-electron chi connectivity index (χ2n) is 3.19. The van der Waals surface area contributed by atoms with E-state index in [4.69, 9.17) is 5.11 Å². The van der Waals surface area contributed by atoms with Crippen molar-refractivity contribution in [3.05, 3.63) is 34.6 Å². The van der Waals surface area contributed by atoms with Gasteiger partial charge in [0.05, 0.1) is 0 Å². The molecule has 0 spiro atoms. The van der Waals surface area contributed by atoms with Gasteiger partial charge in [0.15, 0.2) is 10.0 Å². The van der Waals surface area contributed by atoms with Crippen LogP contribution in [0.3, 0.4) is 0 Å². The van der Waals surface area contributed by atoms with Crippen molar-refractivity contribution in [2.24, 2.45) is 0 Å². The predicted molar refractivity (Wildman–Crippen MR) is 65.4 cm³/mol. The molecule has 0 saturated carbocycles. The molecule has 0 bridgehead atoms. The molecule has 2 aromatic rings. The Morgan fingerprint density at radius 3 is 3.00 bits per heavy atom. The first-order valence-corrected chi connectivity index (χ1v) is 6.57. The predicted octanol–water partition coefficient (Wildman–Crippen LogP) is 2.23. The van der Waals surface area contributed by atoms with Crippen LogP contribution in [-0.2, 0) is 5.75 Å². The largest absolute Gasteiger partial charge is 0.477 e. The molecule has 5 nitrogen and oxygen atoms in total. The molecule has 0 aliphatic carbocycles. The Labute approximate surface area is 106 Å². The van der Waals surface area contributed by atoms with Gasteiger partial charge in [0.25, 0.3) is 0 Å². The van der Waals surface area contributed by atoms with Gasteiger partial charge in [-0.25, -0.2) is 9.78 Å². The monoisotopic (exact) mass is 267 g/mol. The van der Waals surface area contributed by atoms with Gasteiger partial charge < -0.3 is 5.11 Å². The van der Waals surface area contributed by atoms with Gasteiger partial charge in [-0.1, -0.05) is 29.2 Å². The maximum absolute atomic E-state index is 10.9. The highest BCUT2D eigenvalue weighted by atomic mass is 32.2. The van der Waals surface area contributed by atoms with Crippen molar-refractivity contribution in [3.8, 4) is 0 Å². The molecule has 1 N–H and O–H groups in total. The van der Waals surface area contributed by atoms with E-state index in [1.165, 1.54) is 29.3 Å². The molecule has 0 aliphatic rings. The lowest BCUT2D eigenvalue weighted by Crippen LogP contribution is -2.04. The zero-order valence-corrected chi connectivity index (χ0v) is 10.6. The van der Waals surface area contributed by atoms with E-state index < -0.39 is 5.97 Å². The third kappa shape index (κ3) is 3.01. The van der Waals surface area contributed by atoms with Crippen LogP contribution in [0, 0.1) is 6.92 Å². The molecule has 2 rings (SSSR count). The van der Waals surface area contributed by atoms with E-state index in [1.54, 1.807) is 12.1 Å². The summed E-state index contributed by atoms with van der Waals surface area (Å²) >= 11 is 2.96. The summed E-state index contributed by atoms with van der Waals surface area (Å²) in [5.41, 5.74) is 0.791. The molecule has 0 radical (unpaired) electrons. The molecule has 0 aromatic carbocycles. The van der Waals surface area contributed by atoms with Crippen LogP contribution in [0.4, 0.5) is 0 Å². The van der Waals surface area contributed by atoms with E-state index in [0.717, 1.165) is 9.35 Å². The third-order valence-electron chi connectivity index (χ3n) is 1.95. The maximum Gasteiger partial charge on any atom is 0.354 e. The first kappa shape index (κ1) is 12.0. The molecule has 0 amide bonds. The molecule has 0 saturated heterocycles. The van der Waals surface area contributed by atoms with Gasteiger partial charge in [0.1, 0.15) is 5.01 Å². The number of rotatable bonds is 4. The standard InChI is InChI=1S/C10H9N3O2S2/c1-6-12-13-10(17-6)16-5-7-3-2-4-11-8(7)9(14)15/h2-4H,5H2,1H3,(H,14,15). The average molecular weight is 267 g/mol. The minimum atomic E-state index is -1.00. The van der Waals surface area contributed by atoms with E-state index >= 15 is 0 Å². The number of carboxylic acid groups (broad SMARTS) is 1. The lowest BCUT2D eigenvalue weighted by molar-refractivity contribution is 0.0689. The van der Waals surface area contributed by atoms with E-state index in [0.29, 0.717) is 11.3 Å². The number of hydrogen-bond donors (Lipinski definition) is 1. The average Bonchev–Trinajstić information content (AvgIpc) is 2.73. The van der Waals surface area contributed by atoms with Crippen LogP contribution < -0.4 is 0 Å². The molecule has 88 valence electrons. The molecule has 2 heterocycles. The normalized spacial score (nSPS) is 10.4.